The lowest BCUT2D eigenvalue weighted by molar-refractivity contribution is 0.277. The minimum Gasteiger partial charge on any atom is -0.303 e. The highest BCUT2D eigenvalue weighted by Crippen LogP contribution is 2.32. The largest absolute Gasteiger partial charge is 0.303 e. The summed E-state index contributed by atoms with van der Waals surface area (Å²) in [5.41, 5.74) is 0. The number of rotatable bonds is 0. The van der Waals surface area contributed by atoms with Crippen LogP contribution in [0.25, 0.3) is 0 Å². The van der Waals surface area contributed by atoms with Crippen molar-refractivity contribution in [2.45, 2.75) is 38.1 Å². The Bertz CT molecular complexity index is 122. The smallest absolute Gasteiger partial charge is 0.00954 e. The minimum atomic E-state index is 0.951. The molecule has 1 aliphatic carbocycles. The SMILES string of the molecule is CN1CC2CCCCC1C2. The van der Waals surface area contributed by atoms with E-state index in [0.29, 0.717) is 0 Å². The topological polar surface area (TPSA) is 3.24 Å². The minimum absolute atomic E-state index is 0.951. The fourth-order valence-corrected chi connectivity index (χ4v) is 2.56. The van der Waals surface area contributed by atoms with Gasteiger partial charge in [-0.25, -0.2) is 0 Å². The van der Waals surface area contributed by atoms with Crippen LogP contribution in [0.2, 0.25) is 0 Å². The van der Waals surface area contributed by atoms with Crippen molar-refractivity contribution in [1.29, 1.82) is 0 Å². The fourth-order valence-electron chi connectivity index (χ4n) is 2.56. The number of likely N-dealkylation sites (tertiary alicyclic amines) is 1. The van der Waals surface area contributed by atoms with Crippen LogP contribution >= 0.6 is 0 Å². The molecule has 0 amide bonds. The van der Waals surface area contributed by atoms with E-state index in [1.807, 2.05) is 0 Å². The maximum Gasteiger partial charge on any atom is 0.00954 e. The van der Waals surface area contributed by atoms with E-state index in [0.717, 1.165) is 12.0 Å². The Labute approximate surface area is 63.4 Å². The third kappa shape index (κ3) is 1.07. The lowest BCUT2D eigenvalue weighted by Crippen LogP contribution is -2.25. The number of fused-ring (bicyclic) bond motifs is 2. The zero-order chi connectivity index (χ0) is 6.97. The highest BCUT2D eigenvalue weighted by atomic mass is 15.2. The molecule has 2 rings (SSSR count). The second kappa shape index (κ2) is 2.54. The van der Waals surface area contributed by atoms with Gasteiger partial charge in [0.15, 0.2) is 0 Å². The predicted molar refractivity (Wildman–Crippen MR) is 43.0 cm³/mol. The molecular weight excluding hydrogens is 122 g/mol. The summed E-state index contributed by atoms with van der Waals surface area (Å²) in [6.07, 6.45) is 7.44. The van der Waals surface area contributed by atoms with Crippen molar-refractivity contribution in [2.75, 3.05) is 13.6 Å². The number of nitrogens with zero attached hydrogens (tertiary/aromatic N) is 1. The highest BCUT2D eigenvalue weighted by Gasteiger charge is 2.30. The van der Waals surface area contributed by atoms with Crippen LogP contribution in [0.3, 0.4) is 0 Å². The van der Waals surface area contributed by atoms with E-state index < -0.39 is 0 Å². The van der Waals surface area contributed by atoms with Crippen LogP contribution in [-0.2, 0) is 0 Å². The van der Waals surface area contributed by atoms with E-state index in [9.17, 15) is 0 Å². The molecule has 2 atom stereocenters. The molecule has 2 aliphatic rings. The molecule has 0 aromatic carbocycles. The van der Waals surface area contributed by atoms with E-state index in [-0.39, 0.29) is 0 Å². The van der Waals surface area contributed by atoms with Crippen molar-refractivity contribution in [1.82, 2.24) is 4.90 Å². The first-order valence-corrected chi connectivity index (χ1v) is 4.56. The summed E-state index contributed by atoms with van der Waals surface area (Å²) in [7, 11) is 2.29. The average Bonchev–Trinajstić information content (AvgIpc) is 2.18. The summed E-state index contributed by atoms with van der Waals surface area (Å²) in [4.78, 5) is 2.56. The molecule has 2 unspecified atom stereocenters. The molecule has 1 heteroatoms. The first-order chi connectivity index (χ1) is 4.86. The molecule has 0 N–H and O–H groups in total. The lowest BCUT2D eigenvalue weighted by atomic mass is 10.0. The van der Waals surface area contributed by atoms with Crippen molar-refractivity contribution in [3.8, 4) is 0 Å². The van der Waals surface area contributed by atoms with Gasteiger partial charge in [0.05, 0.1) is 0 Å². The highest BCUT2D eigenvalue weighted by molar-refractivity contribution is 4.85. The van der Waals surface area contributed by atoms with Crippen LogP contribution in [0.4, 0.5) is 0 Å². The van der Waals surface area contributed by atoms with Gasteiger partial charge in [0.25, 0.3) is 0 Å². The Morgan fingerprint density at radius 1 is 1.20 bits per heavy atom. The summed E-state index contributed by atoms with van der Waals surface area (Å²) >= 11 is 0. The van der Waals surface area contributed by atoms with Gasteiger partial charge >= 0.3 is 0 Å². The molecule has 2 fully saturated rings. The Kier molecular flexibility index (Phi) is 1.69. The number of hydrogen-bond donors (Lipinski definition) is 0. The van der Waals surface area contributed by atoms with E-state index in [1.165, 1.54) is 38.6 Å². The maximum atomic E-state index is 2.56. The molecule has 1 saturated carbocycles. The van der Waals surface area contributed by atoms with Crippen molar-refractivity contribution in [3.63, 3.8) is 0 Å². The van der Waals surface area contributed by atoms with Crippen LogP contribution in [-0.4, -0.2) is 24.5 Å². The fraction of sp³-hybridized carbons (Fsp3) is 1.00. The average molecular weight is 139 g/mol. The molecule has 2 bridgehead atoms. The van der Waals surface area contributed by atoms with Crippen molar-refractivity contribution in [2.24, 2.45) is 5.92 Å². The van der Waals surface area contributed by atoms with E-state index in [1.54, 1.807) is 0 Å². The summed E-state index contributed by atoms with van der Waals surface area (Å²) in [5, 5.41) is 0. The van der Waals surface area contributed by atoms with Crippen molar-refractivity contribution < 1.29 is 0 Å². The standard InChI is InChI=1S/C9H17N/c1-10-7-8-4-2-3-5-9(10)6-8/h8-9H,2-7H2,1H3. The van der Waals surface area contributed by atoms with Gasteiger partial charge in [0.2, 0.25) is 0 Å². The molecule has 58 valence electrons. The van der Waals surface area contributed by atoms with E-state index >= 15 is 0 Å². The van der Waals surface area contributed by atoms with Crippen LogP contribution in [0.15, 0.2) is 0 Å². The molecule has 0 aromatic rings. The third-order valence-electron chi connectivity index (χ3n) is 3.17. The van der Waals surface area contributed by atoms with Crippen LogP contribution < -0.4 is 0 Å². The summed E-state index contributed by atoms with van der Waals surface area (Å²) in [5.74, 6) is 1.05. The maximum absolute atomic E-state index is 2.56. The molecular formula is C9H17N. The van der Waals surface area contributed by atoms with Gasteiger partial charge in [-0.05, 0) is 32.2 Å². The lowest BCUT2D eigenvalue weighted by Gasteiger charge is -2.19. The molecule has 1 heterocycles. The van der Waals surface area contributed by atoms with Crippen LogP contribution in [0.5, 0.6) is 0 Å². The summed E-state index contributed by atoms with van der Waals surface area (Å²) in [6.45, 7) is 1.38. The van der Waals surface area contributed by atoms with Crippen molar-refractivity contribution >= 4 is 0 Å². The van der Waals surface area contributed by atoms with Gasteiger partial charge < -0.3 is 4.90 Å². The second-order valence-electron chi connectivity index (χ2n) is 3.98. The number of hydrogen-bond acceptors (Lipinski definition) is 1. The molecule has 0 spiro atoms. The van der Waals surface area contributed by atoms with Gasteiger partial charge in [-0.1, -0.05) is 12.8 Å². The van der Waals surface area contributed by atoms with E-state index in [4.69, 9.17) is 0 Å². The Morgan fingerprint density at radius 2 is 2.00 bits per heavy atom. The second-order valence-corrected chi connectivity index (χ2v) is 3.98. The zero-order valence-electron chi connectivity index (χ0n) is 6.84. The first kappa shape index (κ1) is 6.66. The van der Waals surface area contributed by atoms with Crippen LogP contribution in [0.1, 0.15) is 32.1 Å². The van der Waals surface area contributed by atoms with Crippen molar-refractivity contribution in [3.05, 3.63) is 0 Å². The quantitative estimate of drug-likeness (QED) is 0.495. The Morgan fingerprint density at radius 3 is 2.90 bits per heavy atom. The molecule has 10 heavy (non-hydrogen) atoms. The normalized spacial score (nSPS) is 41.7. The summed E-state index contributed by atoms with van der Waals surface area (Å²) in [6, 6.07) is 0.951. The van der Waals surface area contributed by atoms with Gasteiger partial charge in [0.1, 0.15) is 0 Å². The third-order valence-corrected chi connectivity index (χ3v) is 3.17. The Balaban J connectivity index is 2.03. The van der Waals surface area contributed by atoms with Gasteiger partial charge in [-0.2, -0.15) is 0 Å². The van der Waals surface area contributed by atoms with E-state index in [2.05, 4.69) is 11.9 Å². The van der Waals surface area contributed by atoms with Crippen LogP contribution in [0, 0.1) is 5.92 Å². The Hall–Kier alpha value is -0.0400. The predicted octanol–water partition coefficient (Wildman–Crippen LogP) is 1.88. The van der Waals surface area contributed by atoms with Gasteiger partial charge in [-0.3, -0.25) is 0 Å². The molecule has 1 nitrogen and oxygen atoms in total. The summed E-state index contributed by atoms with van der Waals surface area (Å²) < 4.78 is 0. The zero-order valence-corrected chi connectivity index (χ0v) is 6.84. The van der Waals surface area contributed by atoms with Gasteiger partial charge in [0, 0.05) is 12.6 Å². The molecule has 0 aromatic heterocycles. The molecule has 1 saturated heterocycles. The molecule has 0 radical (unpaired) electrons. The monoisotopic (exact) mass is 139 g/mol. The molecule has 1 aliphatic heterocycles. The van der Waals surface area contributed by atoms with Gasteiger partial charge in [-0.15, -0.1) is 0 Å². The first-order valence-electron chi connectivity index (χ1n) is 4.56.